The highest BCUT2D eigenvalue weighted by molar-refractivity contribution is 7.89. The van der Waals surface area contributed by atoms with Gasteiger partial charge in [-0.3, -0.25) is 4.79 Å². The number of amides is 1. The molecule has 0 spiro atoms. The molecule has 2 aromatic carbocycles. The predicted molar refractivity (Wildman–Crippen MR) is 106 cm³/mol. The Balaban J connectivity index is 1.59. The molecule has 0 radical (unpaired) electrons. The van der Waals surface area contributed by atoms with Gasteiger partial charge in [-0.1, -0.05) is 55.5 Å². The lowest BCUT2D eigenvalue weighted by Gasteiger charge is -2.31. The van der Waals surface area contributed by atoms with Crippen molar-refractivity contribution >= 4 is 15.9 Å². The van der Waals surface area contributed by atoms with Crippen LogP contribution in [0.5, 0.6) is 0 Å². The molecule has 144 valence electrons. The van der Waals surface area contributed by atoms with E-state index in [0.717, 1.165) is 12.0 Å². The fourth-order valence-corrected chi connectivity index (χ4v) is 4.99. The van der Waals surface area contributed by atoms with Crippen LogP contribution >= 0.6 is 0 Å². The van der Waals surface area contributed by atoms with Crippen LogP contribution < -0.4 is 5.32 Å². The molecule has 1 amide bonds. The smallest absolute Gasteiger partial charge is 0.243 e. The lowest BCUT2D eigenvalue weighted by atomic mass is 9.96. The van der Waals surface area contributed by atoms with E-state index in [4.69, 9.17) is 0 Å². The first-order valence-corrected chi connectivity index (χ1v) is 10.9. The van der Waals surface area contributed by atoms with Crippen molar-refractivity contribution in [1.82, 2.24) is 9.62 Å². The average molecular weight is 387 g/mol. The van der Waals surface area contributed by atoms with Gasteiger partial charge in [-0.25, -0.2) is 8.42 Å². The first-order chi connectivity index (χ1) is 13.0. The summed E-state index contributed by atoms with van der Waals surface area (Å²) in [4.78, 5) is 13.0. The maximum Gasteiger partial charge on any atom is 0.243 e. The lowest BCUT2D eigenvalue weighted by Crippen LogP contribution is -2.43. The zero-order chi connectivity index (χ0) is 19.3. The molecule has 1 saturated heterocycles. The zero-order valence-corrected chi connectivity index (χ0v) is 16.4. The van der Waals surface area contributed by atoms with Crippen molar-refractivity contribution in [3.05, 3.63) is 66.2 Å². The van der Waals surface area contributed by atoms with Crippen LogP contribution in [0.25, 0.3) is 0 Å². The molecule has 27 heavy (non-hydrogen) atoms. The van der Waals surface area contributed by atoms with E-state index >= 15 is 0 Å². The van der Waals surface area contributed by atoms with E-state index in [1.54, 1.807) is 30.3 Å². The third-order valence-corrected chi connectivity index (χ3v) is 7.05. The Labute approximate surface area is 161 Å². The fraction of sp³-hybridized carbons (Fsp3) is 0.381. The van der Waals surface area contributed by atoms with Crippen molar-refractivity contribution < 1.29 is 13.2 Å². The number of rotatable bonds is 6. The Morgan fingerprint density at radius 3 is 2.15 bits per heavy atom. The van der Waals surface area contributed by atoms with Gasteiger partial charge >= 0.3 is 0 Å². The van der Waals surface area contributed by atoms with Crippen LogP contribution in [0.2, 0.25) is 0 Å². The minimum Gasteiger partial charge on any atom is -0.349 e. The lowest BCUT2D eigenvalue weighted by molar-refractivity contribution is -0.126. The highest BCUT2D eigenvalue weighted by atomic mass is 32.2. The Morgan fingerprint density at radius 2 is 1.59 bits per heavy atom. The molecule has 0 unspecified atom stereocenters. The molecule has 1 fully saturated rings. The second-order valence-corrected chi connectivity index (χ2v) is 8.81. The first-order valence-electron chi connectivity index (χ1n) is 9.43. The quantitative estimate of drug-likeness (QED) is 0.828. The van der Waals surface area contributed by atoms with Crippen LogP contribution in [0, 0.1) is 5.92 Å². The second kappa shape index (κ2) is 8.67. The summed E-state index contributed by atoms with van der Waals surface area (Å²) in [7, 11) is -3.48. The summed E-state index contributed by atoms with van der Waals surface area (Å²) in [6.07, 6.45) is 1.91. The normalized spacial score (nSPS) is 17.4. The van der Waals surface area contributed by atoms with Gasteiger partial charge in [0.1, 0.15) is 0 Å². The van der Waals surface area contributed by atoms with Gasteiger partial charge in [0, 0.05) is 19.0 Å². The summed E-state index contributed by atoms with van der Waals surface area (Å²) in [6, 6.07) is 18.4. The molecule has 1 aliphatic rings. The van der Waals surface area contributed by atoms with E-state index in [1.807, 2.05) is 37.3 Å². The number of sulfonamides is 1. The molecular weight excluding hydrogens is 360 g/mol. The number of hydrogen-bond donors (Lipinski definition) is 1. The zero-order valence-electron chi connectivity index (χ0n) is 15.5. The molecule has 1 aliphatic heterocycles. The van der Waals surface area contributed by atoms with Gasteiger partial charge in [0.2, 0.25) is 15.9 Å². The first kappa shape index (κ1) is 19.6. The summed E-state index contributed by atoms with van der Waals surface area (Å²) in [5.74, 6) is -0.132. The van der Waals surface area contributed by atoms with Crippen LogP contribution in [0.3, 0.4) is 0 Å². The topological polar surface area (TPSA) is 66.5 Å². The number of carbonyl (C=O) groups is 1. The van der Waals surface area contributed by atoms with Gasteiger partial charge < -0.3 is 5.32 Å². The second-order valence-electron chi connectivity index (χ2n) is 6.87. The number of nitrogens with zero attached hydrogens (tertiary/aromatic N) is 1. The van der Waals surface area contributed by atoms with E-state index in [0.29, 0.717) is 30.8 Å². The van der Waals surface area contributed by atoms with Crippen molar-refractivity contribution in [3.63, 3.8) is 0 Å². The molecule has 1 N–H and O–H groups in total. The van der Waals surface area contributed by atoms with Crippen molar-refractivity contribution in [2.45, 2.75) is 37.1 Å². The van der Waals surface area contributed by atoms with Gasteiger partial charge in [-0.05, 0) is 37.0 Å². The molecule has 3 rings (SSSR count). The third-order valence-electron chi connectivity index (χ3n) is 5.13. The Bertz CT molecular complexity index is 846. The largest absolute Gasteiger partial charge is 0.349 e. The fourth-order valence-electron chi connectivity index (χ4n) is 3.50. The average Bonchev–Trinajstić information content (AvgIpc) is 2.73. The minimum absolute atomic E-state index is 0.00946. The number of piperidine rings is 1. The van der Waals surface area contributed by atoms with Gasteiger partial charge in [-0.2, -0.15) is 4.31 Å². The van der Waals surface area contributed by atoms with Crippen LogP contribution in [-0.2, 0) is 14.8 Å². The van der Waals surface area contributed by atoms with Crippen LogP contribution in [0.4, 0.5) is 0 Å². The molecule has 2 aromatic rings. The van der Waals surface area contributed by atoms with Crippen LogP contribution in [-0.4, -0.2) is 31.7 Å². The maximum absolute atomic E-state index is 12.7. The van der Waals surface area contributed by atoms with Gasteiger partial charge in [0.05, 0.1) is 10.9 Å². The molecule has 1 heterocycles. The maximum atomic E-state index is 12.7. The number of benzene rings is 2. The van der Waals surface area contributed by atoms with E-state index in [-0.39, 0.29) is 17.9 Å². The number of nitrogens with one attached hydrogen (secondary N) is 1. The minimum atomic E-state index is -3.48. The molecule has 0 aromatic heterocycles. The van der Waals surface area contributed by atoms with Gasteiger partial charge in [-0.15, -0.1) is 0 Å². The summed E-state index contributed by atoms with van der Waals surface area (Å²) in [5, 5.41) is 3.13. The molecule has 6 heteroatoms. The summed E-state index contributed by atoms with van der Waals surface area (Å²) in [6.45, 7) is 2.79. The van der Waals surface area contributed by atoms with E-state index in [2.05, 4.69) is 5.32 Å². The summed E-state index contributed by atoms with van der Waals surface area (Å²) < 4.78 is 26.9. The highest BCUT2D eigenvalue weighted by Gasteiger charge is 2.32. The van der Waals surface area contributed by atoms with E-state index < -0.39 is 10.0 Å². The Kier molecular flexibility index (Phi) is 6.29. The van der Waals surface area contributed by atoms with E-state index in [9.17, 15) is 13.2 Å². The molecule has 0 aliphatic carbocycles. The predicted octanol–water partition coefficient (Wildman–Crippen LogP) is 3.35. The van der Waals surface area contributed by atoms with Crippen molar-refractivity contribution in [1.29, 1.82) is 0 Å². The van der Waals surface area contributed by atoms with Gasteiger partial charge in [0.15, 0.2) is 0 Å². The summed E-state index contributed by atoms with van der Waals surface area (Å²) in [5.41, 5.74) is 1.09. The van der Waals surface area contributed by atoms with Gasteiger partial charge in [0.25, 0.3) is 0 Å². The summed E-state index contributed by atoms with van der Waals surface area (Å²) >= 11 is 0. The monoisotopic (exact) mass is 386 g/mol. The highest BCUT2D eigenvalue weighted by Crippen LogP contribution is 2.25. The van der Waals surface area contributed by atoms with Crippen molar-refractivity contribution in [2.75, 3.05) is 13.1 Å². The Hall–Kier alpha value is -2.18. The van der Waals surface area contributed by atoms with Crippen molar-refractivity contribution in [2.24, 2.45) is 5.92 Å². The molecule has 0 saturated carbocycles. The SMILES string of the molecule is CC[C@@H](NC(=O)C1CCN(S(=O)(=O)c2ccccc2)CC1)c1ccccc1. The third kappa shape index (κ3) is 4.57. The Morgan fingerprint density at radius 1 is 1.04 bits per heavy atom. The molecule has 5 nitrogen and oxygen atoms in total. The van der Waals surface area contributed by atoms with Crippen molar-refractivity contribution in [3.8, 4) is 0 Å². The number of hydrogen-bond acceptors (Lipinski definition) is 3. The number of carbonyl (C=O) groups excluding carboxylic acids is 1. The van der Waals surface area contributed by atoms with Crippen LogP contribution in [0.15, 0.2) is 65.6 Å². The molecular formula is C21H26N2O3S. The molecule has 1 atom stereocenters. The van der Waals surface area contributed by atoms with E-state index in [1.165, 1.54) is 4.31 Å². The van der Waals surface area contributed by atoms with Crippen LogP contribution in [0.1, 0.15) is 37.8 Å². The standard InChI is InChI=1S/C21H26N2O3S/c1-2-20(17-9-5-3-6-10-17)22-21(24)18-13-15-23(16-14-18)27(25,26)19-11-7-4-8-12-19/h3-12,18,20H,2,13-16H2,1H3,(H,22,24)/t20-/m1/s1. The molecule has 0 bridgehead atoms.